The van der Waals surface area contributed by atoms with Gasteiger partial charge in [0.2, 0.25) is 11.8 Å². The predicted octanol–water partition coefficient (Wildman–Crippen LogP) is 1.31. The van der Waals surface area contributed by atoms with E-state index < -0.39 is 5.41 Å². The molecule has 0 spiro atoms. The predicted molar refractivity (Wildman–Crippen MR) is 111 cm³/mol. The van der Waals surface area contributed by atoms with Gasteiger partial charge in [0.25, 0.3) is 5.91 Å². The van der Waals surface area contributed by atoms with Gasteiger partial charge >= 0.3 is 0 Å². The summed E-state index contributed by atoms with van der Waals surface area (Å²) in [6, 6.07) is 7.48. The van der Waals surface area contributed by atoms with Crippen molar-refractivity contribution in [3.05, 3.63) is 30.0 Å². The molecular formula is C22H27N5O3. The van der Waals surface area contributed by atoms with Gasteiger partial charge < -0.3 is 15.1 Å². The lowest BCUT2D eigenvalue weighted by Crippen LogP contribution is -2.67. The molecule has 3 fully saturated rings. The summed E-state index contributed by atoms with van der Waals surface area (Å²) < 4.78 is 1.72. The Balaban J connectivity index is 1.48. The average Bonchev–Trinajstić information content (AvgIpc) is 3.41. The quantitative estimate of drug-likeness (QED) is 0.810. The maximum atomic E-state index is 13.6. The molecule has 1 N–H and O–H groups in total. The van der Waals surface area contributed by atoms with Crippen molar-refractivity contribution in [1.82, 2.24) is 24.9 Å². The number of hydrogen-bond acceptors (Lipinski definition) is 4. The molecule has 0 radical (unpaired) electrons. The first kappa shape index (κ1) is 19.1. The van der Waals surface area contributed by atoms with E-state index in [0.717, 1.165) is 36.8 Å². The van der Waals surface area contributed by atoms with Gasteiger partial charge in [-0.3, -0.25) is 19.1 Å². The summed E-state index contributed by atoms with van der Waals surface area (Å²) in [4.78, 5) is 42.9. The van der Waals surface area contributed by atoms with Crippen LogP contribution in [0.15, 0.2) is 24.3 Å². The number of aryl methyl sites for hydroxylation is 1. The van der Waals surface area contributed by atoms with Crippen LogP contribution in [0.1, 0.15) is 42.6 Å². The molecule has 8 heteroatoms. The van der Waals surface area contributed by atoms with Crippen molar-refractivity contribution in [2.75, 3.05) is 26.2 Å². The van der Waals surface area contributed by atoms with Gasteiger partial charge in [0.05, 0.1) is 10.9 Å². The van der Waals surface area contributed by atoms with Crippen LogP contribution in [0.4, 0.5) is 0 Å². The Morgan fingerprint density at radius 2 is 1.90 bits per heavy atom. The molecule has 0 saturated carbocycles. The third-order valence-electron chi connectivity index (χ3n) is 7.03. The molecule has 3 aliphatic heterocycles. The fraction of sp³-hybridized carbons (Fsp3) is 0.545. The SMILES string of the molecule is Cn1nc(C(=O)N2CC[C@H]3NC(=O)CC[C@]3(C(=O)N3CCCC3)C2)c2ccccc21. The van der Waals surface area contributed by atoms with Crippen LogP contribution in [-0.2, 0) is 16.6 Å². The van der Waals surface area contributed by atoms with Crippen LogP contribution in [0.2, 0.25) is 0 Å². The number of hydrogen-bond donors (Lipinski definition) is 1. The molecule has 3 saturated heterocycles. The van der Waals surface area contributed by atoms with Gasteiger partial charge in [-0.15, -0.1) is 0 Å². The van der Waals surface area contributed by atoms with E-state index in [2.05, 4.69) is 10.4 Å². The summed E-state index contributed by atoms with van der Waals surface area (Å²) in [5.74, 6) is -0.0514. The Kier molecular flexibility index (Phi) is 4.52. The molecule has 3 aliphatic rings. The van der Waals surface area contributed by atoms with E-state index in [1.165, 1.54) is 0 Å². The number of nitrogens with one attached hydrogen (secondary N) is 1. The molecule has 0 aliphatic carbocycles. The Hall–Kier alpha value is -2.90. The molecule has 5 rings (SSSR count). The lowest BCUT2D eigenvalue weighted by molar-refractivity contribution is -0.151. The van der Waals surface area contributed by atoms with Crippen molar-refractivity contribution >= 4 is 28.6 Å². The lowest BCUT2D eigenvalue weighted by atomic mass is 9.69. The molecule has 158 valence electrons. The third kappa shape index (κ3) is 2.88. The van der Waals surface area contributed by atoms with Crippen LogP contribution in [0, 0.1) is 5.41 Å². The van der Waals surface area contributed by atoms with Crippen molar-refractivity contribution in [2.24, 2.45) is 12.5 Å². The van der Waals surface area contributed by atoms with Crippen molar-refractivity contribution in [2.45, 2.75) is 38.1 Å². The van der Waals surface area contributed by atoms with Crippen molar-refractivity contribution in [3.8, 4) is 0 Å². The molecule has 8 nitrogen and oxygen atoms in total. The Bertz CT molecular complexity index is 1020. The second kappa shape index (κ2) is 7.11. The average molecular weight is 409 g/mol. The molecule has 1 aromatic heterocycles. The first-order valence-electron chi connectivity index (χ1n) is 10.8. The second-order valence-electron chi connectivity index (χ2n) is 8.78. The van der Waals surface area contributed by atoms with E-state index in [4.69, 9.17) is 0 Å². The molecule has 2 aromatic rings. The minimum Gasteiger partial charge on any atom is -0.352 e. The minimum absolute atomic E-state index is 0.000318. The fourth-order valence-electron chi connectivity index (χ4n) is 5.41. The second-order valence-corrected chi connectivity index (χ2v) is 8.78. The van der Waals surface area contributed by atoms with Gasteiger partial charge in [-0.1, -0.05) is 18.2 Å². The smallest absolute Gasteiger partial charge is 0.275 e. The summed E-state index contributed by atoms with van der Waals surface area (Å²) in [5.41, 5.74) is 0.593. The van der Waals surface area contributed by atoms with Gasteiger partial charge in [0.1, 0.15) is 0 Å². The third-order valence-corrected chi connectivity index (χ3v) is 7.03. The Morgan fingerprint density at radius 3 is 2.70 bits per heavy atom. The highest BCUT2D eigenvalue weighted by molar-refractivity contribution is 6.05. The maximum Gasteiger partial charge on any atom is 0.275 e. The summed E-state index contributed by atoms with van der Waals surface area (Å²) in [5, 5.41) is 8.36. The van der Waals surface area contributed by atoms with Crippen LogP contribution in [0.25, 0.3) is 10.9 Å². The molecular weight excluding hydrogens is 382 g/mol. The van der Waals surface area contributed by atoms with E-state index >= 15 is 0 Å². The number of amides is 3. The number of likely N-dealkylation sites (tertiary alicyclic amines) is 2. The molecule has 1 aromatic carbocycles. The minimum atomic E-state index is -0.739. The highest BCUT2D eigenvalue weighted by atomic mass is 16.2. The zero-order valence-corrected chi connectivity index (χ0v) is 17.3. The van der Waals surface area contributed by atoms with Crippen LogP contribution < -0.4 is 5.32 Å². The number of piperidine rings is 2. The van der Waals surface area contributed by atoms with Crippen LogP contribution in [0.3, 0.4) is 0 Å². The molecule has 4 heterocycles. The van der Waals surface area contributed by atoms with E-state index in [-0.39, 0.29) is 23.8 Å². The first-order valence-corrected chi connectivity index (χ1v) is 10.8. The highest BCUT2D eigenvalue weighted by Crippen LogP contribution is 2.41. The van der Waals surface area contributed by atoms with Crippen LogP contribution >= 0.6 is 0 Å². The first-order chi connectivity index (χ1) is 14.5. The van der Waals surface area contributed by atoms with Gasteiger partial charge in [0.15, 0.2) is 5.69 Å². The zero-order valence-electron chi connectivity index (χ0n) is 17.3. The Labute approximate surface area is 175 Å². The summed E-state index contributed by atoms with van der Waals surface area (Å²) in [6.45, 7) is 2.36. The molecule has 3 amide bonds. The summed E-state index contributed by atoms with van der Waals surface area (Å²) in [7, 11) is 1.83. The largest absolute Gasteiger partial charge is 0.352 e. The van der Waals surface area contributed by atoms with Crippen molar-refractivity contribution in [1.29, 1.82) is 0 Å². The number of para-hydroxylation sites is 1. The highest BCUT2D eigenvalue weighted by Gasteiger charge is 2.54. The number of benzene rings is 1. The van der Waals surface area contributed by atoms with Gasteiger partial charge in [0, 0.05) is 51.1 Å². The van der Waals surface area contributed by atoms with Crippen LogP contribution in [0.5, 0.6) is 0 Å². The molecule has 0 unspecified atom stereocenters. The maximum absolute atomic E-state index is 13.6. The summed E-state index contributed by atoms with van der Waals surface area (Å²) >= 11 is 0. The van der Waals surface area contributed by atoms with Gasteiger partial charge in [-0.25, -0.2) is 0 Å². The topological polar surface area (TPSA) is 87.5 Å². The standard InChI is InChI=1S/C22H27N5O3/c1-25-16-7-3-2-6-15(16)19(24-25)20(29)27-13-9-17-22(14-27,10-8-18(28)23-17)21(30)26-11-4-5-12-26/h2-3,6-7,17H,4-5,8-14H2,1H3,(H,23,28)/t17-,22+/m1/s1. The van der Waals surface area contributed by atoms with E-state index in [1.807, 2.05) is 36.2 Å². The normalized spacial score (nSPS) is 26.6. The summed E-state index contributed by atoms with van der Waals surface area (Å²) in [6.07, 6.45) is 3.43. The number of rotatable bonds is 2. The van der Waals surface area contributed by atoms with Crippen molar-refractivity contribution < 1.29 is 14.4 Å². The number of carbonyl (C=O) groups excluding carboxylic acids is 3. The number of aromatic nitrogens is 2. The van der Waals surface area contributed by atoms with Crippen LogP contribution in [-0.4, -0.2) is 69.5 Å². The number of fused-ring (bicyclic) bond motifs is 2. The van der Waals surface area contributed by atoms with E-state index in [1.54, 1.807) is 9.58 Å². The lowest BCUT2D eigenvalue weighted by Gasteiger charge is -2.50. The van der Waals surface area contributed by atoms with E-state index in [0.29, 0.717) is 38.0 Å². The molecule has 2 atom stereocenters. The van der Waals surface area contributed by atoms with Crippen molar-refractivity contribution in [3.63, 3.8) is 0 Å². The van der Waals surface area contributed by atoms with Gasteiger partial charge in [-0.2, -0.15) is 5.10 Å². The van der Waals surface area contributed by atoms with Gasteiger partial charge in [-0.05, 0) is 31.7 Å². The number of carbonyl (C=O) groups is 3. The van der Waals surface area contributed by atoms with E-state index in [9.17, 15) is 14.4 Å². The Morgan fingerprint density at radius 1 is 1.13 bits per heavy atom. The zero-order chi connectivity index (χ0) is 20.9. The number of nitrogens with zero attached hydrogens (tertiary/aromatic N) is 4. The molecule has 30 heavy (non-hydrogen) atoms. The fourth-order valence-corrected chi connectivity index (χ4v) is 5.41. The monoisotopic (exact) mass is 409 g/mol. The molecule has 0 bridgehead atoms.